The third-order valence-electron chi connectivity index (χ3n) is 1.69. The van der Waals surface area contributed by atoms with Crippen molar-refractivity contribution >= 4 is 17.7 Å². The predicted molar refractivity (Wildman–Crippen MR) is 43.7 cm³/mol. The van der Waals surface area contributed by atoms with E-state index in [-0.39, 0.29) is 12.2 Å². The highest BCUT2D eigenvalue weighted by atomic mass is 16.6. The Labute approximate surface area is 75.6 Å². The maximum absolute atomic E-state index is 10.9. The molecule has 0 aromatic heterocycles. The number of esters is 2. The number of carbonyl (C=O) groups excluding carboxylic acids is 3. The molecule has 13 heavy (non-hydrogen) atoms. The van der Waals surface area contributed by atoms with Gasteiger partial charge >= 0.3 is 11.9 Å². The van der Waals surface area contributed by atoms with E-state index in [9.17, 15) is 14.4 Å². The van der Waals surface area contributed by atoms with E-state index < -0.39 is 11.9 Å². The standard InChI is InChI=1S/C9H10O4/c1-6(10)3-2-4-7-5-8(11)13-9(7)12/h4H,2-3,5H2,1H3/b7-4-. The molecule has 0 aromatic carbocycles. The van der Waals surface area contributed by atoms with Crippen molar-refractivity contribution in [1.82, 2.24) is 0 Å². The van der Waals surface area contributed by atoms with Crippen molar-refractivity contribution in [3.05, 3.63) is 11.6 Å². The van der Waals surface area contributed by atoms with Gasteiger partial charge in [0.1, 0.15) is 5.78 Å². The van der Waals surface area contributed by atoms with Gasteiger partial charge < -0.3 is 9.53 Å². The molecule has 1 aliphatic rings. The minimum Gasteiger partial charge on any atom is -0.389 e. The van der Waals surface area contributed by atoms with E-state index in [2.05, 4.69) is 4.74 Å². The maximum atomic E-state index is 10.9. The first-order valence-corrected chi connectivity index (χ1v) is 4.03. The van der Waals surface area contributed by atoms with E-state index in [1.807, 2.05) is 0 Å². The fraction of sp³-hybridized carbons (Fsp3) is 0.444. The summed E-state index contributed by atoms with van der Waals surface area (Å²) in [4.78, 5) is 32.0. The number of ether oxygens (including phenoxy) is 1. The van der Waals surface area contributed by atoms with E-state index in [0.29, 0.717) is 18.4 Å². The lowest BCUT2D eigenvalue weighted by atomic mass is 10.1. The second kappa shape index (κ2) is 3.98. The van der Waals surface area contributed by atoms with Crippen molar-refractivity contribution in [3.8, 4) is 0 Å². The molecule has 0 N–H and O–H groups in total. The number of cyclic esters (lactones) is 2. The first-order chi connectivity index (χ1) is 6.09. The van der Waals surface area contributed by atoms with Gasteiger partial charge in [-0.05, 0) is 13.3 Å². The Morgan fingerprint density at radius 3 is 2.69 bits per heavy atom. The molecule has 0 amide bonds. The first kappa shape index (κ1) is 9.64. The molecule has 0 saturated carbocycles. The zero-order valence-electron chi connectivity index (χ0n) is 7.33. The summed E-state index contributed by atoms with van der Waals surface area (Å²) in [5.74, 6) is -1.03. The van der Waals surface area contributed by atoms with Crippen LogP contribution in [0.25, 0.3) is 0 Å². The summed E-state index contributed by atoms with van der Waals surface area (Å²) in [5.41, 5.74) is 0.367. The van der Waals surface area contributed by atoms with Crippen molar-refractivity contribution in [2.45, 2.75) is 26.2 Å². The lowest BCUT2D eigenvalue weighted by Gasteiger charge is -1.90. The molecule has 1 fully saturated rings. The molecule has 1 heterocycles. The van der Waals surface area contributed by atoms with Crippen LogP contribution in [0, 0.1) is 0 Å². The number of hydrogen-bond acceptors (Lipinski definition) is 4. The Morgan fingerprint density at radius 1 is 1.54 bits per heavy atom. The SMILES string of the molecule is CC(=O)CC/C=C1/CC(=O)OC1=O. The van der Waals surface area contributed by atoms with Gasteiger partial charge in [-0.25, -0.2) is 4.79 Å². The normalized spacial score (nSPS) is 19.3. The quantitative estimate of drug-likeness (QED) is 0.367. The molecule has 1 aliphatic heterocycles. The second-order valence-electron chi connectivity index (χ2n) is 2.91. The van der Waals surface area contributed by atoms with Crippen LogP contribution in [0.2, 0.25) is 0 Å². The summed E-state index contributed by atoms with van der Waals surface area (Å²) in [6, 6.07) is 0. The molecule has 0 radical (unpaired) electrons. The Hall–Kier alpha value is -1.45. The van der Waals surface area contributed by atoms with Gasteiger partial charge in [0.05, 0.1) is 6.42 Å². The summed E-state index contributed by atoms with van der Waals surface area (Å²) in [5, 5.41) is 0. The molecule has 70 valence electrons. The van der Waals surface area contributed by atoms with Crippen LogP contribution in [-0.2, 0) is 19.1 Å². The molecule has 4 heteroatoms. The number of Topliss-reactive ketones (excluding diaryl/α,β-unsaturated/α-hetero) is 1. The van der Waals surface area contributed by atoms with Crippen LogP contribution in [-0.4, -0.2) is 17.7 Å². The number of hydrogen-bond donors (Lipinski definition) is 0. The fourth-order valence-electron chi connectivity index (χ4n) is 1.04. The molecule has 0 atom stereocenters. The van der Waals surface area contributed by atoms with Crippen LogP contribution >= 0.6 is 0 Å². The summed E-state index contributed by atoms with van der Waals surface area (Å²) in [6.07, 6.45) is 2.52. The van der Waals surface area contributed by atoms with Gasteiger partial charge in [0.25, 0.3) is 0 Å². The van der Waals surface area contributed by atoms with Gasteiger partial charge in [0.2, 0.25) is 0 Å². The summed E-state index contributed by atoms with van der Waals surface area (Å²) >= 11 is 0. The molecule has 0 bridgehead atoms. The number of allylic oxidation sites excluding steroid dienone is 1. The van der Waals surface area contributed by atoms with E-state index in [1.54, 1.807) is 6.08 Å². The van der Waals surface area contributed by atoms with Crippen LogP contribution in [0.3, 0.4) is 0 Å². The Kier molecular flexibility index (Phi) is 2.95. The van der Waals surface area contributed by atoms with Gasteiger partial charge in [-0.2, -0.15) is 0 Å². The molecule has 0 unspecified atom stereocenters. The van der Waals surface area contributed by atoms with E-state index in [0.717, 1.165) is 0 Å². The van der Waals surface area contributed by atoms with Gasteiger partial charge in [-0.1, -0.05) is 6.08 Å². The molecule has 1 saturated heterocycles. The monoisotopic (exact) mass is 182 g/mol. The zero-order chi connectivity index (χ0) is 9.84. The van der Waals surface area contributed by atoms with Gasteiger partial charge in [-0.3, -0.25) is 4.79 Å². The van der Waals surface area contributed by atoms with E-state index in [1.165, 1.54) is 6.92 Å². The first-order valence-electron chi connectivity index (χ1n) is 4.03. The van der Waals surface area contributed by atoms with Crippen molar-refractivity contribution in [3.63, 3.8) is 0 Å². The third kappa shape index (κ3) is 2.82. The fourth-order valence-corrected chi connectivity index (χ4v) is 1.04. The molecule has 0 aliphatic carbocycles. The third-order valence-corrected chi connectivity index (χ3v) is 1.69. The average Bonchev–Trinajstić information content (AvgIpc) is 2.29. The van der Waals surface area contributed by atoms with Crippen LogP contribution in [0.1, 0.15) is 26.2 Å². The van der Waals surface area contributed by atoms with Crippen molar-refractivity contribution in [2.24, 2.45) is 0 Å². The van der Waals surface area contributed by atoms with Crippen molar-refractivity contribution < 1.29 is 19.1 Å². The largest absolute Gasteiger partial charge is 0.389 e. The molecule has 4 nitrogen and oxygen atoms in total. The highest BCUT2D eigenvalue weighted by Gasteiger charge is 2.26. The lowest BCUT2D eigenvalue weighted by Crippen LogP contribution is -1.97. The summed E-state index contributed by atoms with van der Waals surface area (Å²) < 4.78 is 4.30. The number of carbonyl (C=O) groups is 3. The minimum atomic E-state index is -0.575. The van der Waals surface area contributed by atoms with E-state index in [4.69, 9.17) is 0 Å². The maximum Gasteiger partial charge on any atom is 0.341 e. The van der Waals surface area contributed by atoms with Crippen molar-refractivity contribution in [2.75, 3.05) is 0 Å². The summed E-state index contributed by atoms with van der Waals surface area (Å²) in [6.45, 7) is 1.48. The topological polar surface area (TPSA) is 60.4 Å². The molecular weight excluding hydrogens is 172 g/mol. The smallest absolute Gasteiger partial charge is 0.341 e. The number of rotatable bonds is 3. The van der Waals surface area contributed by atoms with Gasteiger partial charge in [-0.15, -0.1) is 0 Å². The average molecular weight is 182 g/mol. The van der Waals surface area contributed by atoms with Gasteiger partial charge in [0.15, 0.2) is 0 Å². The Balaban J connectivity index is 2.47. The van der Waals surface area contributed by atoms with Crippen LogP contribution < -0.4 is 0 Å². The lowest BCUT2D eigenvalue weighted by molar-refractivity contribution is -0.151. The Morgan fingerprint density at radius 2 is 2.23 bits per heavy atom. The highest BCUT2D eigenvalue weighted by molar-refractivity contribution is 6.05. The van der Waals surface area contributed by atoms with E-state index >= 15 is 0 Å². The van der Waals surface area contributed by atoms with Crippen molar-refractivity contribution in [1.29, 1.82) is 0 Å². The molecule has 1 rings (SSSR count). The van der Waals surface area contributed by atoms with Crippen LogP contribution in [0.5, 0.6) is 0 Å². The predicted octanol–water partition coefficient (Wildman–Crippen LogP) is 0.755. The summed E-state index contributed by atoms with van der Waals surface area (Å²) in [7, 11) is 0. The molecule has 0 aromatic rings. The van der Waals surface area contributed by atoms with Crippen LogP contribution in [0.4, 0.5) is 0 Å². The Bertz CT molecular complexity index is 288. The highest BCUT2D eigenvalue weighted by Crippen LogP contribution is 2.15. The zero-order valence-corrected chi connectivity index (χ0v) is 7.33. The number of ketones is 1. The molecular formula is C9H10O4. The minimum absolute atomic E-state index is 0.0384. The molecule has 0 spiro atoms. The van der Waals surface area contributed by atoms with Crippen LogP contribution in [0.15, 0.2) is 11.6 Å². The second-order valence-corrected chi connectivity index (χ2v) is 2.91. The van der Waals surface area contributed by atoms with Gasteiger partial charge in [0, 0.05) is 12.0 Å².